The molecule has 0 bridgehead atoms. The number of amides is 9. The van der Waals surface area contributed by atoms with E-state index in [0.717, 1.165) is 11.9 Å². The summed E-state index contributed by atoms with van der Waals surface area (Å²) in [7, 11) is -2.04. The third-order valence-corrected chi connectivity index (χ3v) is 23.9. The molecule has 3 aliphatic rings. The average molecular weight is 1640 g/mol. The van der Waals surface area contributed by atoms with Crippen molar-refractivity contribution in [2.24, 2.45) is 17.4 Å². The molecule has 0 saturated carbocycles. The molecule has 5 heterocycles. The highest BCUT2D eigenvalue weighted by Gasteiger charge is 2.42. The normalized spacial score (nSPS) is 23.1. The van der Waals surface area contributed by atoms with E-state index in [2.05, 4.69) is 84.4 Å². The van der Waals surface area contributed by atoms with Gasteiger partial charge >= 0.3 is 0 Å². The second-order valence-electron chi connectivity index (χ2n) is 31.3. The number of phenols is 1. The van der Waals surface area contributed by atoms with Gasteiger partial charge in [0.1, 0.15) is 53.8 Å². The van der Waals surface area contributed by atoms with Crippen LogP contribution in [-0.4, -0.2) is 215 Å². The Bertz CT molecular complexity index is 4880. The number of aliphatic hydroxyl groups excluding tert-OH is 1. The minimum atomic E-state index is -4.05. The van der Waals surface area contributed by atoms with Crippen LogP contribution in [0, 0.1) is 11.3 Å². The zero-order valence-electron chi connectivity index (χ0n) is 66.5. The average Bonchev–Trinajstić information content (AvgIpc) is 1.56. The van der Waals surface area contributed by atoms with Crippen LogP contribution >= 0.6 is 0 Å². The Kier molecular flexibility index (Phi) is 31.1. The summed E-state index contributed by atoms with van der Waals surface area (Å²) in [5.41, 5.74) is 18.8. The quantitative estimate of drug-likeness (QED) is 0.0199. The zero-order valence-corrected chi connectivity index (χ0v) is 67.3. The van der Waals surface area contributed by atoms with Crippen molar-refractivity contribution >= 4 is 90.8 Å². The molecule has 20 N–H and O–H groups in total. The molecule has 0 spiro atoms. The number of aromatic nitrogens is 3. The van der Waals surface area contributed by atoms with Gasteiger partial charge in [-0.15, -0.1) is 0 Å². The molecule has 31 nitrogen and oxygen atoms in total. The van der Waals surface area contributed by atoms with Crippen molar-refractivity contribution in [1.82, 2.24) is 78.3 Å². The van der Waals surface area contributed by atoms with Gasteiger partial charge in [-0.05, 0) is 172 Å². The molecule has 628 valence electrons. The summed E-state index contributed by atoms with van der Waals surface area (Å²) in [6.45, 7) is 1.89. The number of nitrogens with two attached hydrogens (primary N) is 2. The van der Waals surface area contributed by atoms with Crippen molar-refractivity contribution in [3.8, 4) is 5.75 Å². The molecule has 2 saturated heterocycles. The Morgan fingerprint density at radius 2 is 1.19 bits per heavy atom. The number of fused-ring (bicyclic) bond motifs is 3. The topological polar surface area (TPSA) is 484 Å². The maximum absolute atomic E-state index is 15.5. The number of piperidine rings is 1. The number of aromatic hydroxyl groups is 1. The van der Waals surface area contributed by atoms with Gasteiger partial charge in [0.25, 0.3) is 0 Å². The number of pyridine rings is 1. The number of rotatable bonds is 27. The van der Waals surface area contributed by atoms with Crippen LogP contribution in [-0.2, 0) is 91.5 Å². The minimum Gasteiger partial charge on any atom is -0.508 e. The number of aromatic amines is 2. The number of benzene rings is 5. The highest BCUT2D eigenvalue weighted by atomic mass is 32.2. The van der Waals surface area contributed by atoms with Gasteiger partial charge in [0.15, 0.2) is 15.8 Å². The predicted molar refractivity (Wildman–Crippen MR) is 448 cm³/mol. The largest absolute Gasteiger partial charge is 0.508 e. The fourth-order valence-electron chi connectivity index (χ4n) is 16.2. The van der Waals surface area contributed by atoms with Gasteiger partial charge in [0, 0.05) is 116 Å². The predicted octanol–water partition coefficient (Wildman–Crippen LogP) is 2.25. The summed E-state index contributed by atoms with van der Waals surface area (Å²) in [5, 5.41) is 63.2. The number of unbranched alkanes of at least 4 members (excludes halogenated alkanes) is 1. The summed E-state index contributed by atoms with van der Waals surface area (Å²) in [4.78, 5) is 149. The lowest BCUT2D eigenvalue weighted by atomic mass is 9.73. The number of hydrogen-bond acceptors (Lipinski definition) is 18. The lowest BCUT2D eigenvalue weighted by Crippen LogP contribution is -2.62. The molecule has 8 aromatic rings. The molecule has 2 fully saturated rings. The van der Waals surface area contributed by atoms with Crippen molar-refractivity contribution < 1.29 is 61.8 Å². The van der Waals surface area contributed by atoms with Crippen molar-refractivity contribution in [1.29, 1.82) is 5.41 Å². The molecule has 5 aromatic carbocycles. The van der Waals surface area contributed by atoms with Gasteiger partial charge in [-0.25, -0.2) is 8.42 Å². The third kappa shape index (κ3) is 24.8. The van der Waals surface area contributed by atoms with E-state index in [9.17, 15) is 37.8 Å². The number of nitrogens with one attached hydrogen (secondary N) is 14. The Morgan fingerprint density at radius 3 is 1.85 bits per heavy atom. The van der Waals surface area contributed by atoms with E-state index in [1.165, 1.54) is 48.0 Å². The molecule has 2 aliphatic heterocycles. The maximum atomic E-state index is 15.5. The lowest BCUT2D eigenvalue weighted by molar-refractivity contribution is -0.136. The molecule has 9 amide bonds. The zero-order chi connectivity index (χ0) is 83.8. The number of para-hydroxylation sites is 1. The molecule has 3 aromatic heterocycles. The number of sulfone groups is 1. The number of phenolic OH excluding ortho intramolecular Hbond substituents is 1. The molecule has 118 heavy (non-hydrogen) atoms. The van der Waals surface area contributed by atoms with E-state index in [1.807, 2.05) is 43.6 Å². The number of carbonyl (C=O) groups is 9. The van der Waals surface area contributed by atoms with E-state index in [4.69, 9.17) is 16.9 Å². The van der Waals surface area contributed by atoms with Crippen LogP contribution in [0.1, 0.15) is 110 Å². The number of carbonyl (C=O) groups excluding carboxylic acids is 9. The number of hydrogen-bond donors (Lipinski definition) is 18. The number of H-pyrrole nitrogens is 2. The number of nitrogens with zero attached hydrogens (tertiary/aromatic N) is 2. The molecular formula is C86H110N18O13S. The highest BCUT2D eigenvalue weighted by Crippen LogP contribution is 2.44. The van der Waals surface area contributed by atoms with Gasteiger partial charge in [-0.1, -0.05) is 103 Å². The van der Waals surface area contributed by atoms with E-state index in [1.54, 1.807) is 97.2 Å². The van der Waals surface area contributed by atoms with Crippen LogP contribution in [0.15, 0.2) is 164 Å². The number of likely N-dealkylation sites (tertiary alicyclic amines) is 1. The Hall–Kier alpha value is -11.6. The smallest absolute Gasteiger partial charge is 0.245 e. The summed E-state index contributed by atoms with van der Waals surface area (Å²) in [6.07, 6.45) is 7.22. The third-order valence-electron chi connectivity index (χ3n) is 22.2. The van der Waals surface area contributed by atoms with Gasteiger partial charge in [0.2, 0.25) is 53.2 Å². The Morgan fingerprint density at radius 1 is 0.627 bits per heavy atom. The van der Waals surface area contributed by atoms with Gasteiger partial charge in [-0.3, -0.25) is 53.5 Å². The number of guanidine groups is 1. The molecule has 0 radical (unpaired) electrons. The standard InChI is InChI=1S/C86H110N18O13S/c1-52(105)77-85(115)102-70(41-53-17-5-3-6-18-53)78(108)91-35-14-12-24-67(95-48-60(39-55-28-30-61(106)31-29-55)96-75(107)51-118(116,117)50-57-40-64-63-22-15-26-66-76(63)59(47-94-66)45-74(64)104(2)49-57)79(109)97-69(27-16-36-92-86(88)89)80(110)99-71(42-54-19-7-4-8-20-54)82(112)100-72(43-56-32-37-90-38-33-56)83(113)101-73(44-58-46-93-65-23-10-9-21-62(58)65)84(114)98-68(81(111)103-77)25-11-13-34-87/h3-10,15,17-23,26,28-33,37-38,46-47,52,57,60,64,67-74,77,93-95,105-106H,11-14,16,24-25,27,34-36,39-45,48-51,87H2,1-2H3,(H,91,108)(H,96,107)(H,97,109)(H,98,114)(H,99,110)(H,100,112)(H,101,113)(H,102,115)(H,103,111)(H4,88,89,92)/t52-,57-,60+,64-,67-,68+,69+,70+,71+,72+,73-,74-,77+/m1/s1. The van der Waals surface area contributed by atoms with Crippen molar-refractivity contribution in [3.63, 3.8) is 0 Å². The second kappa shape index (κ2) is 42.0. The van der Waals surface area contributed by atoms with Gasteiger partial charge < -0.3 is 95.0 Å². The molecule has 11 rings (SSSR count). The summed E-state index contributed by atoms with van der Waals surface area (Å²) in [6, 6.07) is 28.2. The van der Waals surface area contributed by atoms with Crippen molar-refractivity contribution in [3.05, 3.63) is 203 Å². The molecule has 13 atom stereocenters. The van der Waals surface area contributed by atoms with Crippen LogP contribution in [0.2, 0.25) is 0 Å². The first-order valence-corrected chi connectivity index (χ1v) is 42.3. The maximum Gasteiger partial charge on any atom is 0.245 e. The minimum absolute atomic E-state index is 0.00397. The first-order chi connectivity index (χ1) is 56.8. The lowest BCUT2D eigenvalue weighted by Gasteiger charge is -2.45. The Labute approximate surface area is 686 Å². The fourth-order valence-corrected chi connectivity index (χ4v) is 17.8. The van der Waals surface area contributed by atoms with Crippen LogP contribution in [0.4, 0.5) is 0 Å². The van der Waals surface area contributed by atoms with Crippen LogP contribution < -0.4 is 70.0 Å². The van der Waals surface area contributed by atoms with E-state index >= 15 is 24.0 Å². The number of likely N-dealkylation sites (N-methyl/N-ethyl adjacent to an activating group) is 1. The summed E-state index contributed by atoms with van der Waals surface area (Å²) >= 11 is 0. The molecule has 0 unspecified atom stereocenters. The van der Waals surface area contributed by atoms with Crippen molar-refractivity contribution in [2.45, 2.75) is 176 Å². The van der Waals surface area contributed by atoms with Crippen LogP contribution in [0.5, 0.6) is 5.75 Å². The second-order valence-corrected chi connectivity index (χ2v) is 33.4. The fraction of sp³-hybridized carbons (Fsp3) is 0.430. The summed E-state index contributed by atoms with van der Waals surface area (Å²) < 4.78 is 28.7. The van der Waals surface area contributed by atoms with Crippen molar-refractivity contribution in [2.75, 3.05) is 51.3 Å². The number of aliphatic hydroxyl groups is 1. The molecular weight excluding hydrogens is 1530 g/mol. The first kappa shape index (κ1) is 87.3. The SMILES string of the molecule is C[C@@H](O)[C@@H]1NC(=O)[C@H](CCCCN)NC(=O)[C@@H](Cc2c[nH]c3ccccc23)NC(=O)[C@H](Cc2ccncc2)NC(=O)[C@H](Cc2ccccc2)NC(=O)[C@H](CCCNC(=N)N)NC(=O)[C@H](NC[C@H](Cc2ccc(O)cc2)NC(=O)CS(=O)(=O)C[C@@H]2C[C@@H]3c4cccc5[nH]cc(c45)C[C@H]3N(C)C2)CCCCNC(=O)[C@H](Cc2ccccc2)NC1=O. The van der Waals surface area contributed by atoms with Crippen LogP contribution in [0.3, 0.4) is 0 Å². The summed E-state index contributed by atoms with van der Waals surface area (Å²) in [5.74, 6) is -9.09. The van der Waals surface area contributed by atoms with Crippen LogP contribution in [0.25, 0.3) is 21.8 Å². The first-order valence-electron chi connectivity index (χ1n) is 40.5. The van der Waals surface area contributed by atoms with E-state index < -0.39 is 129 Å². The van der Waals surface area contributed by atoms with Gasteiger partial charge in [-0.2, -0.15) is 0 Å². The Balaban J connectivity index is 0.914. The highest BCUT2D eigenvalue weighted by molar-refractivity contribution is 7.92. The monoisotopic (exact) mass is 1630 g/mol. The molecule has 1 aliphatic carbocycles. The van der Waals surface area contributed by atoms with E-state index in [-0.39, 0.29) is 132 Å². The van der Waals surface area contributed by atoms with Gasteiger partial charge in [0.05, 0.1) is 17.9 Å². The van der Waals surface area contributed by atoms with E-state index in [0.29, 0.717) is 64.5 Å². The molecule has 32 heteroatoms.